The van der Waals surface area contributed by atoms with E-state index in [4.69, 9.17) is 29.0 Å². The summed E-state index contributed by atoms with van der Waals surface area (Å²) in [6, 6.07) is 10.8. The van der Waals surface area contributed by atoms with Gasteiger partial charge in [0, 0.05) is 10.6 Å². The zero-order valence-electron chi connectivity index (χ0n) is 14.0. The number of thioether (sulfide) groups is 1. The summed E-state index contributed by atoms with van der Waals surface area (Å²) >= 11 is 13.0. The van der Waals surface area contributed by atoms with Crippen molar-refractivity contribution in [3.63, 3.8) is 0 Å². The second kappa shape index (κ2) is 8.16. The number of aromatic nitrogens is 3. The summed E-state index contributed by atoms with van der Waals surface area (Å²) in [5.74, 6) is 5.67. The average molecular weight is 426 g/mol. The van der Waals surface area contributed by atoms with Crippen LogP contribution in [0.5, 0.6) is 0 Å². The lowest BCUT2D eigenvalue weighted by molar-refractivity contribution is -0.115. The van der Waals surface area contributed by atoms with Crippen LogP contribution in [0.15, 0.2) is 47.6 Å². The summed E-state index contributed by atoms with van der Waals surface area (Å²) in [5.41, 5.74) is 1.03. The number of amides is 1. The summed E-state index contributed by atoms with van der Waals surface area (Å²) in [6.07, 6.45) is 0. The van der Waals surface area contributed by atoms with E-state index in [0.717, 1.165) is 17.8 Å². The molecule has 1 amide bonds. The van der Waals surface area contributed by atoms with Gasteiger partial charge in [-0.05, 0) is 37.3 Å². The molecule has 0 radical (unpaired) electrons. The molecular formula is C17H14Cl2FN5OS. The van der Waals surface area contributed by atoms with Crippen molar-refractivity contribution >= 4 is 46.6 Å². The number of carbonyl (C=O) groups is 1. The lowest BCUT2D eigenvalue weighted by Gasteiger charge is -2.12. The summed E-state index contributed by atoms with van der Waals surface area (Å²) in [5, 5.41) is 11.2. The molecule has 1 atom stereocenters. The van der Waals surface area contributed by atoms with E-state index in [9.17, 15) is 9.18 Å². The third-order valence-electron chi connectivity index (χ3n) is 3.59. The first-order valence-corrected chi connectivity index (χ1v) is 9.37. The second-order valence-corrected chi connectivity index (χ2v) is 7.71. The number of nitrogens with two attached hydrogens (primary N) is 1. The summed E-state index contributed by atoms with van der Waals surface area (Å²) in [7, 11) is 0. The molecule has 0 aliphatic heterocycles. The molecule has 10 heteroatoms. The Morgan fingerprint density at radius 1 is 1.26 bits per heavy atom. The molecule has 3 rings (SSSR count). The molecule has 1 aromatic heterocycles. The van der Waals surface area contributed by atoms with Crippen molar-refractivity contribution in [1.82, 2.24) is 14.9 Å². The Morgan fingerprint density at radius 2 is 2.04 bits per heavy atom. The highest BCUT2D eigenvalue weighted by molar-refractivity contribution is 8.00. The van der Waals surface area contributed by atoms with Gasteiger partial charge >= 0.3 is 0 Å². The smallest absolute Gasteiger partial charge is 0.237 e. The van der Waals surface area contributed by atoms with Gasteiger partial charge in [-0.3, -0.25) is 4.79 Å². The Morgan fingerprint density at radius 3 is 2.74 bits per heavy atom. The Kier molecular flexibility index (Phi) is 5.88. The standard InChI is InChI=1S/C17H14Cl2FN5OS/c1-9(16(26)22-14-6-5-12(20)8-13(14)19)27-17-24-23-15(25(17)21)10-3-2-4-11(18)7-10/h2-9H,21H2,1H3,(H,22,26). The van der Waals surface area contributed by atoms with Crippen molar-refractivity contribution in [2.24, 2.45) is 0 Å². The zero-order valence-corrected chi connectivity index (χ0v) is 16.3. The number of nitrogen functional groups attached to an aromatic ring is 1. The van der Waals surface area contributed by atoms with E-state index in [1.807, 2.05) is 0 Å². The molecule has 0 saturated carbocycles. The van der Waals surface area contributed by atoms with E-state index < -0.39 is 11.1 Å². The predicted molar refractivity (Wildman–Crippen MR) is 106 cm³/mol. The largest absolute Gasteiger partial charge is 0.335 e. The number of carbonyl (C=O) groups excluding carboxylic acids is 1. The Balaban J connectivity index is 1.72. The van der Waals surface area contributed by atoms with Crippen LogP contribution in [0, 0.1) is 5.82 Å². The molecule has 0 bridgehead atoms. The normalized spacial score (nSPS) is 12.0. The average Bonchev–Trinajstić information content (AvgIpc) is 2.98. The number of nitrogens with one attached hydrogen (secondary N) is 1. The second-order valence-electron chi connectivity index (χ2n) is 5.56. The minimum absolute atomic E-state index is 0.116. The molecule has 6 nitrogen and oxygen atoms in total. The van der Waals surface area contributed by atoms with Crippen LogP contribution < -0.4 is 11.2 Å². The highest BCUT2D eigenvalue weighted by atomic mass is 35.5. The van der Waals surface area contributed by atoms with Gasteiger partial charge in [0.1, 0.15) is 5.82 Å². The van der Waals surface area contributed by atoms with Crippen LogP contribution in [0.1, 0.15) is 6.92 Å². The number of benzene rings is 2. The maximum Gasteiger partial charge on any atom is 0.237 e. The van der Waals surface area contributed by atoms with Gasteiger partial charge in [-0.2, -0.15) is 0 Å². The number of anilines is 1. The molecule has 3 N–H and O–H groups in total. The maximum atomic E-state index is 13.1. The van der Waals surface area contributed by atoms with Crippen molar-refractivity contribution in [1.29, 1.82) is 0 Å². The monoisotopic (exact) mass is 425 g/mol. The molecule has 140 valence electrons. The van der Waals surface area contributed by atoms with Gasteiger partial charge in [0.15, 0.2) is 5.82 Å². The van der Waals surface area contributed by atoms with Gasteiger partial charge in [-0.1, -0.05) is 47.1 Å². The van der Waals surface area contributed by atoms with E-state index in [-0.39, 0.29) is 10.9 Å². The number of hydrogen-bond acceptors (Lipinski definition) is 5. The van der Waals surface area contributed by atoms with Crippen LogP contribution >= 0.6 is 35.0 Å². The first-order chi connectivity index (χ1) is 12.8. The van der Waals surface area contributed by atoms with Crippen LogP contribution in [0.3, 0.4) is 0 Å². The van der Waals surface area contributed by atoms with Crippen LogP contribution in [-0.4, -0.2) is 26.0 Å². The zero-order chi connectivity index (χ0) is 19.6. The highest BCUT2D eigenvalue weighted by Gasteiger charge is 2.21. The molecule has 0 saturated heterocycles. The third-order valence-corrected chi connectivity index (χ3v) is 5.19. The van der Waals surface area contributed by atoms with E-state index >= 15 is 0 Å². The summed E-state index contributed by atoms with van der Waals surface area (Å²) in [4.78, 5) is 12.4. The minimum atomic E-state index is -0.551. The Hall–Kier alpha value is -2.29. The molecule has 0 aliphatic rings. The number of hydrogen-bond donors (Lipinski definition) is 2. The molecular weight excluding hydrogens is 412 g/mol. The fourth-order valence-corrected chi connectivity index (χ4v) is 3.39. The minimum Gasteiger partial charge on any atom is -0.335 e. The van der Waals surface area contributed by atoms with E-state index in [1.54, 1.807) is 31.2 Å². The number of nitrogens with zero attached hydrogens (tertiary/aromatic N) is 3. The van der Waals surface area contributed by atoms with Gasteiger partial charge in [0.25, 0.3) is 0 Å². The van der Waals surface area contributed by atoms with Gasteiger partial charge in [0.2, 0.25) is 11.1 Å². The fraction of sp³-hybridized carbons (Fsp3) is 0.118. The van der Waals surface area contributed by atoms with Crippen LogP contribution in [0.4, 0.5) is 10.1 Å². The number of halogens is 3. The quantitative estimate of drug-likeness (QED) is 0.471. The SMILES string of the molecule is CC(Sc1nnc(-c2cccc(Cl)c2)n1N)C(=O)Nc1ccc(F)cc1Cl. The Labute approximate surface area is 168 Å². The van der Waals surface area contributed by atoms with Crippen molar-refractivity contribution in [2.75, 3.05) is 11.2 Å². The van der Waals surface area contributed by atoms with Crippen LogP contribution in [0.2, 0.25) is 10.0 Å². The van der Waals surface area contributed by atoms with E-state index in [0.29, 0.717) is 27.3 Å². The maximum absolute atomic E-state index is 13.1. The molecule has 27 heavy (non-hydrogen) atoms. The van der Waals surface area contributed by atoms with Crippen LogP contribution in [0.25, 0.3) is 11.4 Å². The lowest BCUT2D eigenvalue weighted by atomic mass is 10.2. The molecule has 1 unspecified atom stereocenters. The van der Waals surface area contributed by atoms with E-state index in [1.165, 1.54) is 16.8 Å². The Bertz CT molecular complexity index is 997. The van der Waals surface area contributed by atoms with Gasteiger partial charge in [-0.25, -0.2) is 9.07 Å². The van der Waals surface area contributed by atoms with Crippen molar-refractivity contribution in [2.45, 2.75) is 17.3 Å². The van der Waals surface area contributed by atoms with E-state index in [2.05, 4.69) is 15.5 Å². The van der Waals surface area contributed by atoms with Crippen molar-refractivity contribution < 1.29 is 9.18 Å². The fourth-order valence-electron chi connectivity index (χ4n) is 2.22. The molecule has 0 aliphatic carbocycles. The first kappa shape index (κ1) is 19.5. The first-order valence-electron chi connectivity index (χ1n) is 7.74. The number of rotatable bonds is 5. The van der Waals surface area contributed by atoms with Crippen molar-refractivity contribution in [3.8, 4) is 11.4 Å². The van der Waals surface area contributed by atoms with Gasteiger partial charge in [-0.15, -0.1) is 10.2 Å². The summed E-state index contributed by atoms with van der Waals surface area (Å²) < 4.78 is 14.4. The summed E-state index contributed by atoms with van der Waals surface area (Å²) in [6.45, 7) is 1.69. The van der Waals surface area contributed by atoms with Crippen molar-refractivity contribution in [3.05, 3.63) is 58.3 Å². The lowest BCUT2D eigenvalue weighted by Crippen LogP contribution is -2.23. The molecule has 0 fully saturated rings. The third kappa shape index (κ3) is 4.52. The molecule has 2 aromatic carbocycles. The van der Waals surface area contributed by atoms with Crippen LogP contribution in [-0.2, 0) is 4.79 Å². The molecule has 0 spiro atoms. The van der Waals surface area contributed by atoms with Gasteiger partial charge in [0.05, 0.1) is 16.0 Å². The molecule has 3 aromatic rings. The van der Waals surface area contributed by atoms with Gasteiger partial charge < -0.3 is 11.2 Å². The topological polar surface area (TPSA) is 85.8 Å². The highest BCUT2D eigenvalue weighted by Crippen LogP contribution is 2.28. The predicted octanol–water partition coefficient (Wildman–Crippen LogP) is 4.22. The molecule has 1 heterocycles.